The number of ether oxygens (including phenoxy) is 2. The van der Waals surface area contributed by atoms with Crippen molar-refractivity contribution >= 4 is 17.7 Å². The Bertz CT molecular complexity index is 592. The highest BCUT2D eigenvalue weighted by atomic mass is 16.6. The summed E-state index contributed by atoms with van der Waals surface area (Å²) in [6.45, 7) is 3.16. The van der Waals surface area contributed by atoms with E-state index < -0.39 is 5.97 Å². The number of benzene rings is 1. The van der Waals surface area contributed by atoms with E-state index in [1.54, 1.807) is 31.2 Å². The lowest BCUT2D eigenvalue weighted by molar-refractivity contribution is -0.150. The molecule has 1 aliphatic carbocycles. The molecule has 2 rings (SSSR count). The molecule has 0 heterocycles. The van der Waals surface area contributed by atoms with E-state index in [-0.39, 0.29) is 30.9 Å². The van der Waals surface area contributed by atoms with Crippen LogP contribution in [-0.2, 0) is 14.3 Å². The molecule has 0 unspecified atom stereocenters. The van der Waals surface area contributed by atoms with E-state index in [9.17, 15) is 14.4 Å². The molecule has 1 atom stereocenters. The van der Waals surface area contributed by atoms with E-state index >= 15 is 0 Å². The van der Waals surface area contributed by atoms with Crippen molar-refractivity contribution in [2.24, 2.45) is 5.92 Å². The van der Waals surface area contributed by atoms with E-state index in [2.05, 4.69) is 5.32 Å². The molecule has 1 amide bonds. The van der Waals surface area contributed by atoms with Gasteiger partial charge in [0.25, 0.3) is 5.91 Å². The number of Topliss-reactive ketones (excluding diaryl/α,β-unsaturated/α-hetero) is 1. The van der Waals surface area contributed by atoms with Crippen molar-refractivity contribution in [2.75, 3.05) is 13.2 Å². The van der Waals surface area contributed by atoms with Crippen LogP contribution in [0.5, 0.6) is 5.75 Å². The van der Waals surface area contributed by atoms with E-state index in [0.717, 1.165) is 12.8 Å². The van der Waals surface area contributed by atoms with Gasteiger partial charge in [-0.2, -0.15) is 0 Å². The van der Waals surface area contributed by atoms with Crippen LogP contribution >= 0.6 is 0 Å². The number of esters is 1. The average Bonchev–Trinajstić information content (AvgIpc) is 3.43. The monoisotopic (exact) mass is 333 g/mol. The first-order valence-corrected chi connectivity index (χ1v) is 8.20. The van der Waals surface area contributed by atoms with Gasteiger partial charge in [-0.25, -0.2) is 4.79 Å². The Morgan fingerprint density at radius 3 is 2.42 bits per heavy atom. The van der Waals surface area contributed by atoms with Gasteiger partial charge < -0.3 is 14.8 Å². The third kappa shape index (κ3) is 5.68. The number of rotatable bonds is 9. The van der Waals surface area contributed by atoms with Crippen LogP contribution in [0.3, 0.4) is 0 Å². The van der Waals surface area contributed by atoms with Crippen molar-refractivity contribution < 1.29 is 23.9 Å². The number of nitrogens with one attached hydrogen (secondary N) is 1. The molecule has 1 N–H and O–H groups in total. The van der Waals surface area contributed by atoms with Gasteiger partial charge in [-0.05, 0) is 49.9 Å². The van der Waals surface area contributed by atoms with Crippen molar-refractivity contribution in [2.45, 2.75) is 39.2 Å². The van der Waals surface area contributed by atoms with E-state index in [4.69, 9.17) is 9.47 Å². The number of ketones is 1. The third-order valence-electron chi connectivity index (χ3n) is 3.94. The predicted molar refractivity (Wildman–Crippen MR) is 87.8 cm³/mol. The zero-order chi connectivity index (χ0) is 17.5. The Kier molecular flexibility index (Phi) is 6.35. The van der Waals surface area contributed by atoms with Gasteiger partial charge in [-0.1, -0.05) is 6.92 Å². The minimum absolute atomic E-state index is 0.0485. The van der Waals surface area contributed by atoms with Crippen LogP contribution in [0.1, 0.15) is 43.5 Å². The van der Waals surface area contributed by atoms with Crippen molar-refractivity contribution in [1.29, 1.82) is 0 Å². The molecule has 0 aromatic heterocycles. The molecular weight excluding hydrogens is 310 g/mol. The molecule has 1 aliphatic rings. The normalized spacial score (nSPS) is 14.6. The molecule has 130 valence electrons. The highest BCUT2D eigenvalue weighted by Crippen LogP contribution is 2.32. The molecule has 0 radical (unpaired) electrons. The molecule has 0 saturated heterocycles. The van der Waals surface area contributed by atoms with Crippen LogP contribution in [0.2, 0.25) is 0 Å². The molecule has 1 aromatic rings. The fourth-order valence-corrected chi connectivity index (χ4v) is 2.28. The van der Waals surface area contributed by atoms with Crippen LogP contribution in [0.4, 0.5) is 0 Å². The first-order chi connectivity index (χ1) is 11.5. The maximum absolute atomic E-state index is 11.6. The SMILES string of the molecule is CCC(=O)c1ccc(OCC(=O)OCC(=O)N[C@@H](C)C2CC2)cc1. The standard InChI is InChI=1S/C18H23NO5/c1-3-16(20)14-6-8-15(9-7-14)23-11-18(22)24-10-17(21)19-12(2)13-4-5-13/h6-9,12-13H,3-5,10-11H2,1-2H3,(H,19,21)/t12-/m0/s1. The predicted octanol–water partition coefficient (Wildman–Crippen LogP) is 2.12. The quantitative estimate of drug-likeness (QED) is 0.553. The third-order valence-corrected chi connectivity index (χ3v) is 3.94. The van der Waals surface area contributed by atoms with Gasteiger partial charge in [-0.3, -0.25) is 9.59 Å². The molecule has 6 heteroatoms. The van der Waals surface area contributed by atoms with Gasteiger partial charge >= 0.3 is 5.97 Å². The first kappa shape index (κ1) is 18.0. The largest absolute Gasteiger partial charge is 0.482 e. The Morgan fingerprint density at radius 2 is 1.83 bits per heavy atom. The number of hydrogen-bond donors (Lipinski definition) is 1. The number of amides is 1. The van der Waals surface area contributed by atoms with Crippen LogP contribution in [0.15, 0.2) is 24.3 Å². The Balaban J connectivity index is 1.67. The molecule has 24 heavy (non-hydrogen) atoms. The average molecular weight is 333 g/mol. The summed E-state index contributed by atoms with van der Waals surface area (Å²) in [7, 11) is 0. The molecule has 0 aliphatic heterocycles. The summed E-state index contributed by atoms with van der Waals surface area (Å²) in [5.41, 5.74) is 0.605. The van der Waals surface area contributed by atoms with Crippen molar-refractivity contribution in [1.82, 2.24) is 5.32 Å². The molecule has 1 saturated carbocycles. The smallest absolute Gasteiger partial charge is 0.344 e. The lowest BCUT2D eigenvalue weighted by Crippen LogP contribution is -2.37. The van der Waals surface area contributed by atoms with Crippen molar-refractivity contribution in [3.05, 3.63) is 29.8 Å². The summed E-state index contributed by atoms with van der Waals surface area (Å²) >= 11 is 0. The van der Waals surface area contributed by atoms with E-state index in [1.807, 2.05) is 6.92 Å². The van der Waals surface area contributed by atoms with Crippen LogP contribution in [-0.4, -0.2) is 36.9 Å². The molecule has 1 aromatic carbocycles. The second-order valence-electron chi connectivity index (χ2n) is 5.94. The fraction of sp³-hybridized carbons (Fsp3) is 0.500. The van der Waals surface area contributed by atoms with Crippen molar-refractivity contribution in [3.8, 4) is 5.75 Å². The summed E-state index contributed by atoms with van der Waals surface area (Å²) in [4.78, 5) is 34.7. The fourth-order valence-electron chi connectivity index (χ4n) is 2.28. The van der Waals surface area contributed by atoms with Gasteiger partial charge in [0.2, 0.25) is 0 Å². The lowest BCUT2D eigenvalue weighted by atomic mass is 10.1. The first-order valence-electron chi connectivity index (χ1n) is 8.20. The maximum atomic E-state index is 11.6. The summed E-state index contributed by atoms with van der Waals surface area (Å²) in [5, 5.41) is 2.80. The van der Waals surface area contributed by atoms with Crippen LogP contribution in [0, 0.1) is 5.92 Å². The van der Waals surface area contributed by atoms with Gasteiger partial charge in [0.1, 0.15) is 5.75 Å². The minimum Gasteiger partial charge on any atom is -0.482 e. The molecule has 6 nitrogen and oxygen atoms in total. The summed E-state index contributed by atoms with van der Waals surface area (Å²) in [5.74, 6) is 0.150. The zero-order valence-corrected chi connectivity index (χ0v) is 14.0. The zero-order valence-electron chi connectivity index (χ0n) is 14.0. The molecule has 1 fully saturated rings. The Morgan fingerprint density at radius 1 is 1.17 bits per heavy atom. The highest BCUT2D eigenvalue weighted by molar-refractivity contribution is 5.95. The molecule has 0 spiro atoms. The van der Waals surface area contributed by atoms with Crippen LogP contribution in [0.25, 0.3) is 0 Å². The summed E-state index contributed by atoms with van der Waals surface area (Å²) < 4.78 is 10.2. The lowest BCUT2D eigenvalue weighted by Gasteiger charge is -2.13. The number of carbonyl (C=O) groups is 3. The van der Waals surface area contributed by atoms with E-state index in [1.165, 1.54) is 0 Å². The number of carbonyl (C=O) groups excluding carboxylic acids is 3. The van der Waals surface area contributed by atoms with Gasteiger partial charge in [0.05, 0.1) is 0 Å². The second kappa shape index (κ2) is 8.47. The van der Waals surface area contributed by atoms with E-state index in [0.29, 0.717) is 23.7 Å². The van der Waals surface area contributed by atoms with Crippen molar-refractivity contribution in [3.63, 3.8) is 0 Å². The highest BCUT2D eigenvalue weighted by Gasteiger charge is 2.28. The van der Waals surface area contributed by atoms with Gasteiger partial charge in [0.15, 0.2) is 19.0 Å². The Labute approximate surface area is 141 Å². The van der Waals surface area contributed by atoms with Gasteiger partial charge in [0, 0.05) is 18.0 Å². The molecule has 0 bridgehead atoms. The second-order valence-corrected chi connectivity index (χ2v) is 5.94. The molecular formula is C18H23NO5. The topological polar surface area (TPSA) is 81.7 Å². The Hall–Kier alpha value is -2.37. The minimum atomic E-state index is -0.613. The summed E-state index contributed by atoms with van der Waals surface area (Å²) in [6.07, 6.45) is 2.71. The number of hydrogen-bond acceptors (Lipinski definition) is 5. The van der Waals surface area contributed by atoms with Crippen LogP contribution < -0.4 is 10.1 Å². The van der Waals surface area contributed by atoms with Gasteiger partial charge in [-0.15, -0.1) is 0 Å². The summed E-state index contributed by atoms with van der Waals surface area (Å²) in [6, 6.07) is 6.68. The maximum Gasteiger partial charge on any atom is 0.344 e.